The number of rotatable bonds is 4. The first-order chi connectivity index (χ1) is 11.0. The zero-order valence-corrected chi connectivity index (χ0v) is 14.8. The van der Waals surface area contributed by atoms with E-state index in [2.05, 4.69) is 45.5 Å². The molecule has 0 radical (unpaired) electrons. The first-order valence-corrected chi connectivity index (χ1v) is 8.66. The molecular weight excluding hydrogens is 352 g/mol. The van der Waals surface area contributed by atoms with Crippen LogP contribution in [0.2, 0.25) is 0 Å². The topological polar surface area (TPSA) is 55.1 Å². The highest BCUT2D eigenvalue weighted by molar-refractivity contribution is 9.10. The Labute approximate surface area is 145 Å². The Morgan fingerprint density at radius 2 is 1.74 bits per heavy atom. The summed E-state index contributed by atoms with van der Waals surface area (Å²) in [6, 6.07) is 16.1. The van der Waals surface area contributed by atoms with Crippen LogP contribution in [0.5, 0.6) is 0 Å². The van der Waals surface area contributed by atoms with E-state index in [-0.39, 0.29) is 5.91 Å². The molecular formula is C19H21BrN2O. The molecule has 1 aliphatic rings. The van der Waals surface area contributed by atoms with Gasteiger partial charge in [0, 0.05) is 11.0 Å². The van der Waals surface area contributed by atoms with Gasteiger partial charge in [0.25, 0.3) is 0 Å². The van der Waals surface area contributed by atoms with Gasteiger partial charge in [-0.05, 0) is 54.5 Å². The number of halogens is 1. The van der Waals surface area contributed by atoms with Crippen molar-refractivity contribution >= 4 is 21.8 Å². The fourth-order valence-corrected chi connectivity index (χ4v) is 3.41. The molecule has 1 amide bonds. The van der Waals surface area contributed by atoms with Crippen LogP contribution in [0, 0.1) is 5.92 Å². The van der Waals surface area contributed by atoms with Crippen molar-refractivity contribution in [2.75, 3.05) is 6.54 Å². The molecule has 3 N–H and O–H groups in total. The van der Waals surface area contributed by atoms with E-state index in [0.29, 0.717) is 12.5 Å². The van der Waals surface area contributed by atoms with E-state index in [1.165, 1.54) is 11.1 Å². The predicted molar refractivity (Wildman–Crippen MR) is 96.0 cm³/mol. The van der Waals surface area contributed by atoms with Crippen LogP contribution in [0.4, 0.5) is 0 Å². The van der Waals surface area contributed by atoms with Crippen LogP contribution in [0.15, 0.2) is 53.0 Å². The Morgan fingerprint density at radius 3 is 2.30 bits per heavy atom. The lowest BCUT2D eigenvalue weighted by Gasteiger charge is -2.25. The number of fused-ring (bicyclic) bond motifs is 1. The van der Waals surface area contributed by atoms with Crippen molar-refractivity contribution < 1.29 is 4.79 Å². The van der Waals surface area contributed by atoms with Gasteiger partial charge in [0.05, 0.1) is 0 Å². The molecule has 120 valence electrons. The van der Waals surface area contributed by atoms with Crippen LogP contribution >= 0.6 is 15.9 Å². The summed E-state index contributed by atoms with van der Waals surface area (Å²) >= 11 is 3.40. The van der Waals surface area contributed by atoms with Crippen molar-refractivity contribution in [3.8, 4) is 0 Å². The smallest absolute Gasteiger partial charge is 0.244 e. The second-order valence-electron chi connectivity index (χ2n) is 6.46. The Balaban J connectivity index is 1.60. The summed E-state index contributed by atoms with van der Waals surface area (Å²) in [7, 11) is 0. The van der Waals surface area contributed by atoms with E-state index in [4.69, 9.17) is 5.73 Å². The molecule has 2 aromatic rings. The molecule has 3 rings (SSSR count). The summed E-state index contributed by atoms with van der Waals surface area (Å²) in [5.74, 6) is 0.327. The van der Waals surface area contributed by atoms with Gasteiger partial charge < -0.3 is 11.1 Å². The molecule has 0 bridgehead atoms. The zero-order chi connectivity index (χ0) is 16.4. The van der Waals surface area contributed by atoms with Gasteiger partial charge in [-0.15, -0.1) is 0 Å². The summed E-state index contributed by atoms with van der Waals surface area (Å²) in [4.78, 5) is 12.5. The van der Waals surface area contributed by atoms with Gasteiger partial charge in [0.1, 0.15) is 5.54 Å². The molecule has 0 saturated carbocycles. The molecule has 0 heterocycles. The van der Waals surface area contributed by atoms with Gasteiger partial charge in [-0.3, -0.25) is 4.79 Å². The summed E-state index contributed by atoms with van der Waals surface area (Å²) in [6.07, 6.45) is 2.05. The number of carbonyl (C=O) groups is 1. The molecule has 23 heavy (non-hydrogen) atoms. The van der Waals surface area contributed by atoms with Crippen molar-refractivity contribution in [2.45, 2.75) is 25.3 Å². The number of hydrogen-bond acceptors (Lipinski definition) is 2. The normalized spacial score (nSPS) is 16.7. The van der Waals surface area contributed by atoms with Crippen molar-refractivity contribution in [3.63, 3.8) is 0 Å². The van der Waals surface area contributed by atoms with Gasteiger partial charge in [0.15, 0.2) is 0 Å². The molecule has 0 aliphatic heterocycles. The molecule has 1 atom stereocenters. The van der Waals surface area contributed by atoms with Crippen LogP contribution in [0.1, 0.15) is 23.6 Å². The van der Waals surface area contributed by atoms with Crippen LogP contribution in [-0.2, 0) is 23.2 Å². The SMILES string of the molecule is CC(N)(C(=O)NCC1Cc2ccccc2C1)c1ccc(Br)cc1. The lowest BCUT2D eigenvalue weighted by Crippen LogP contribution is -2.50. The van der Waals surface area contributed by atoms with Crippen molar-refractivity contribution in [1.82, 2.24) is 5.32 Å². The summed E-state index contributed by atoms with van der Waals surface area (Å²) in [5, 5.41) is 3.04. The maximum Gasteiger partial charge on any atom is 0.244 e. The van der Waals surface area contributed by atoms with E-state index in [1.807, 2.05) is 24.3 Å². The molecule has 1 aliphatic carbocycles. The molecule has 0 saturated heterocycles. The Morgan fingerprint density at radius 1 is 1.17 bits per heavy atom. The quantitative estimate of drug-likeness (QED) is 0.865. The first-order valence-electron chi connectivity index (χ1n) is 7.87. The molecule has 0 spiro atoms. The third kappa shape index (κ3) is 3.48. The van der Waals surface area contributed by atoms with Gasteiger partial charge in [-0.25, -0.2) is 0 Å². The third-order valence-corrected chi connectivity index (χ3v) is 5.13. The Hall–Kier alpha value is -1.65. The fourth-order valence-electron chi connectivity index (χ4n) is 3.14. The van der Waals surface area contributed by atoms with Crippen molar-refractivity contribution in [1.29, 1.82) is 0 Å². The number of benzene rings is 2. The predicted octanol–water partition coefficient (Wildman–Crippen LogP) is 3.15. The first kappa shape index (κ1) is 16.2. The summed E-state index contributed by atoms with van der Waals surface area (Å²) < 4.78 is 0.973. The summed E-state index contributed by atoms with van der Waals surface area (Å²) in [6.45, 7) is 2.42. The van der Waals surface area contributed by atoms with Crippen molar-refractivity contribution in [2.24, 2.45) is 11.7 Å². The molecule has 4 heteroatoms. The second kappa shape index (κ2) is 6.46. The van der Waals surface area contributed by atoms with E-state index in [1.54, 1.807) is 6.92 Å². The maximum absolute atomic E-state index is 12.5. The number of nitrogens with two attached hydrogens (primary N) is 1. The van der Waals surface area contributed by atoms with Crippen LogP contribution < -0.4 is 11.1 Å². The minimum absolute atomic E-state index is 0.129. The van der Waals surface area contributed by atoms with Gasteiger partial charge in [-0.1, -0.05) is 52.3 Å². The monoisotopic (exact) mass is 372 g/mol. The molecule has 1 unspecified atom stereocenters. The second-order valence-corrected chi connectivity index (χ2v) is 7.38. The third-order valence-electron chi connectivity index (χ3n) is 4.60. The maximum atomic E-state index is 12.5. The highest BCUT2D eigenvalue weighted by atomic mass is 79.9. The highest BCUT2D eigenvalue weighted by Gasteiger charge is 2.31. The number of amides is 1. The zero-order valence-electron chi connectivity index (χ0n) is 13.2. The minimum atomic E-state index is -1.02. The van der Waals surface area contributed by atoms with E-state index in [9.17, 15) is 4.79 Å². The summed E-state index contributed by atoms with van der Waals surface area (Å²) in [5.41, 5.74) is 8.86. The number of hydrogen-bond donors (Lipinski definition) is 2. The van der Waals surface area contributed by atoms with E-state index >= 15 is 0 Å². The van der Waals surface area contributed by atoms with Crippen LogP contribution in [0.3, 0.4) is 0 Å². The fraction of sp³-hybridized carbons (Fsp3) is 0.316. The highest BCUT2D eigenvalue weighted by Crippen LogP contribution is 2.26. The standard InChI is InChI=1S/C19H21BrN2O/c1-19(21,16-6-8-17(20)9-7-16)18(23)22-12-13-10-14-4-2-3-5-15(14)11-13/h2-9,13H,10-12,21H2,1H3,(H,22,23). The number of nitrogens with one attached hydrogen (secondary N) is 1. The Kier molecular flexibility index (Phi) is 4.55. The average Bonchev–Trinajstić information content (AvgIpc) is 2.95. The molecule has 2 aromatic carbocycles. The van der Waals surface area contributed by atoms with E-state index < -0.39 is 5.54 Å². The van der Waals surface area contributed by atoms with E-state index in [0.717, 1.165) is 22.9 Å². The molecule has 0 fully saturated rings. The van der Waals surface area contributed by atoms with Crippen LogP contribution in [-0.4, -0.2) is 12.5 Å². The largest absolute Gasteiger partial charge is 0.354 e. The lowest BCUT2D eigenvalue weighted by molar-refractivity contribution is -0.126. The molecule has 3 nitrogen and oxygen atoms in total. The van der Waals surface area contributed by atoms with Gasteiger partial charge in [-0.2, -0.15) is 0 Å². The van der Waals surface area contributed by atoms with Crippen molar-refractivity contribution in [3.05, 3.63) is 69.7 Å². The van der Waals surface area contributed by atoms with Gasteiger partial charge >= 0.3 is 0 Å². The Bertz CT molecular complexity index is 685. The molecule has 0 aromatic heterocycles. The van der Waals surface area contributed by atoms with Gasteiger partial charge in [0.2, 0.25) is 5.91 Å². The average molecular weight is 373 g/mol. The minimum Gasteiger partial charge on any atom is -0.354 e. The van der Waals surface area contributed by atoms with Crippen LogP contribution in [0.25, 0.3) is 0 Å². The number of carbonyl (C=O) groups excluding carboxylic acids is 1. The lowest BCUT2D eigenvalue weighted by atomic mass is 9.92.